The molecule has 0 radical (unpaired) electrons. The molecule has 0 spiro atoms. The van der Waals surface area contributed by atoms with Crippen LogP contribution in [-0.4, -0.2) is 36.0 Å². The first-order valence-corrected chi connectivity index (χ1v) is 7.18. The maximum Gasteiger partial charge on any atom is 0.305 e. The fourth-order valence-electron chi connectivity index (χ4n) is 1.74. The average Bonchev–Trinajstić information content (AvgIpc) is 2.37. The van der Waals surface area contributed by atoms with Crippen molar-refractivity contribution in [3.63, 3.8) is 0 Å². The Labute approximate surface area is 110 Å². The summed E-state index contributed by atoms with van der Waals surface area (Å²) in [5.74, 6) is -0.102. The third kappa shape index (κ3) is 13.5. The normalized spacial score (nSPS) is 10.6. The number of unbranched alkanes of at least 4 members (excludes halogenated alkanes) is 7. The first-order chi connectivity index (χ1) is 8.81. The van der Waals surface area contributed by atoms with E-state index in [4.69, 9.17) is 14.9 Å². The third-order valence-corrected chi connectivity index (χ3v) is 2.85. The number of ether oxygens (including phenoxy) is 1. The monoisotopic (exact) mass is 260 g/mol. The van der Waals surface area contributed by atoms with E-state index in [1.165, 1.54) is 0 Å². The molecule has 0 heterocycles. The lowest BCUT2D eigenvalue weighted by Crippen LogP contribution is -2.05. The standard InChI is InChI=1S/C14H28O4/c15-11-7-3-1-5-9-13-18-14(17)10-6-2-4-8-12-16/h15-16H,1-13H2. The van der Waals surface area contributed by atoms with Crippen molar-refractivity contribution in [3.05, 3.63) is 0 Å². The Kier molecular flexibility index (Phi) is 14.0. The van der Waals surface area contributed by atoms with E-state index in [0.29, 0.717) is 13.0 Å². The number of carbonyl (C=O) groups excluding carboxylic acids is 1. The fourth-order valence-corrected chi connectivity index (χ4v) is 1.74. The first kappa shape index (κ1) is 17.4. The molecule has 2 N–H and O–H groups in total. The van der Waals surface area contributed by atoms with Crippen molar-refractivity contribution in [2.45, 2.75) is 64.2 Å². The summed E-state index contributed by atoms with van der Waals surface area (Å²) in [6.45, 7) is 1.03. The van der Waals surface area contributed by atoms with E-state index < -0.39 is 0 Å². The van der Waals surface area contributed by atoms with Gasteiger partial charge in [-0.2, -0.15) is 0 Å². The van der Waals surface area contributed by atoms with Gasteiger partial charge in [0.1, 0.15) is 0 Å². The second kappa shape index (κ2) is 14.5. The summed E-state index contributed by atoms with van der Waals surface area (Å²) >= 11 is 0. The number of rotatable bonds is 13. The van der Waals surface area contributed by atoms with Crippen molar-refractivity contribution in [2.24, 2.45) is 0 Å². The molecule has 0 aliphatic heterocycles. The first-order valence-electron chi connectivity index (χ1n) is 7.18. The molecule has 4 nitrogen and oxygen atoms in total. The number of carbonyl (C=O) groups is 1. The number of aliphatic hydroxyl groups excluding tert-OH is 2. The van der Waals surface area contributed by atoms with Crippen LogP contribution < -0.4 is 0 Å². The van der Waals surface area contributed by atoms with Crippen molar-refractivity contribution in [3.8, 4) is 0 Å². The van der Waals surface area contributed by atoms with Crippen LogP contribution in [0.5, 0.6) is 0 Å². The molecule has 18 heavy (non-hydrogen) atoms. The molecule has 0 saturated carbocycles. The molecule has 0 aliphatic rings. The summed E-state index contributed by atoms with van der Waals surface area (Å²) in [5.41, 5.74) is 0. The zero-order valence-electron chi connectivity index (χ0n) is 11.4. The number of hydrogen-bond donors (Lipinski definition) is 2. The number of hydrogen-bond acceptors (Lipinski definition) is 4. The topological polar surface area (TPSA) is 66.8 Å². The lowest BCUT2D eigenvalue weighted by Gasteiger charge is -2.04. The van der Waals surface area contributed by atoms with Gasteiger partial charge in [-0.25, -0.2) is 0 Å². The van der Waals surface area contributed by atoms with E-state index in [1.807, 2.05) is 0 Å². The Bertz CT molecular complexity index is 183. The molecular weight excluding hydrogens is 232 g/mol. The summed E-state index contributed by atoms with van der Waals surface area (Å²) in [4.78, 5) is 11.3. The second-order valence-electron chi connectivity index (χ2n) is 4.60. The zero-order valence-corrected chi connectivity index (χ0v) is 11.4. The minimum absolute atomic E-state index is 0.102. The van der Waals surface area contributed by atoms with Crippen molar-refractivity contribution in [1.82, 2.24) is 0 Å². The van der Waals surface area contributed by atoms with Crippen LogP contribution in [0.4, 0.5) is 0 Å². The van der Waals surface area contributed by atoms with Gasteiger partial charge in [0.05, 0.1) is 6.61 Å². The molecule has 4 heteroatoms. The van der Waals surface area contributed by atoms with Gasteiger partial charge in [-0.3, -0.25) is 4.79 Å². The van der Waals surface area contributed by atoms with E-state index in [-0.39, 0.29) is 19.2 Å². The Morgan fingerprint density at radius 1 is 0.722 bits per heavy atom. The SMILES string of the molecule is O=C(CCCCCCO)OCCCCCCCO. The molecular formula is C14H28O4. The van der Waals surface area contributed by atoms with Crippen LogP contribution in [0.15, 0.2) is 0 Å². The van der Waals surface area contributed by atoms with Crippen molar-refractivity contribution in [2.75, 3.05) is 19.8 Å². The van der Waals surface area contributed by atoms with Gasteiger partial charge in [-0.05, 0) is 25.7 Å². The van der Waals surface area contributed by atoms with Crippen LogP contribution >= 0.6 is 0 Å². The van der Waals surface area contributed by atoms with Gasteiger partial charge < -0.3 is 14.9 Å². The molecule has 0 bridgehead atoms. The van der Waals surface area contributed by atoms with Crippen LogP contribution in [-0.2, 0) is 9.53 Å². The smallest absolute Gasteiger partial charge is 0.305 e. The van der Waals surface area contributed by atoms with Crippen LogP contribution in [0.2, 0.25) is 0 Å². The highest BCUT2D eigenvalue weighted by molar-refractivity contribution is 5.69. The van der Waals surface area contributed by atoms with Gasteiger partial charge >= 0.3 is 5.97 Å². The number of aliphatic hydroxyl groups is 2. The lowest BCUT2D eigenvalue weighted by atomic mass is 10.1. The van der Waals surface area contributed by atoms with Crippen LogP contribution in [0, 0.1) is 0 Å². The minimum atomic E-state index is -0.102. The lowest BCUT2D eigenvalue weighted by molar-refractivity contribution is -0.143. The Morgan fingerprint density at radius 3 is 1.83 bits per heavy atom. The molecule has 0 aliphatic carbocycles. The maximum absolute atomic E-state index is 11.3. The van der Waals surface area contributed by atoms with Crippen molar-refractivity contribution >= 4 is 5.97 Å². The summed E-state index contributed by atoms with van der Waals surface area (Å²) < 4.78 is 5.12. The molecule has 0 rings (SSSR count). The van der Waals surface area contributed by atoms with Gasteiger partial charge in [-0.15, -0.1) is 0 Å². The zero-order chi connectivity index (χ0) is 13.5. The highest BCUT2D eigenvalue weighted by Crippen LogP contribution is 2.05. The molecule has 0 saturated heterocycles. The Balaban J connectivity index is 3.12. The van der Waals surface area contributed by atoms with Gasteiger partial charge in [-0.1, -0.05) is 32.1 Å². The molecule has 0 aromatic carbocycles. The van der Waals surface area contributed by atoms with E-state index in [0.717, 1.165) is 57.8 Å². The summed E-state index contributed by atoms with van der Waals surface area (Å²) in [6.07, 6.45) is 9.13. The summed E-state index contributed by atoms with van der Waals surface area (Å²) in [7, 11) is 0. The summed E-state index contributed by atoms with van der Waals surface area (Å²) in [5, 5.41) is 17.2. The largest absolute Gasteiger partial charge is 0.466 e. The second-order valence-corrected chi connectivity index (χ2v) is 4.60. The Hall–Kier alpha value is -0.610. The molecule has 0 fully saturated rings. The van der Waals surface area contributed by atoms with E-state index in [9.17, 15) is 4.79 Å². The highest BCUT2D eigenvalue weighted by Gasteiger charge is 2.02. The Morgan fingerprint density at radius 2 is 1.22 bits per heavy atom. The minimum Gasteiger partial charge on any atom is -0.466 e. The molecule has 0 amide bonds. The van der Waals surface area contributed by atoms with E-state index in [1.54, 1.807) is 0 Å². The predicted octanol–water partition coefficient (Wildman–Crippen LogP) is 2.42. The van der Waals surface area contributed by atoms with Crippen LogP contribution in [0.1, 0.15) is 64.2 Å². The molecule has 108 valence electrons. The van der Waals surface area contributed by atoms with Gasteiger partial charge in [0.2, 0.25) is 0 Å². The molecule has 0 aromatic rings. The van der Waals surface area contributed by atoms with Crippen molar-refractivity contribution in [1.29, 1.82) is 0 Å². The van der Waals surface area contributed by atoms with Crippen LogP contribution in [0.25, 0.3) is 0 Å². The third-order valence-electron chi connectivity index (χ3n) is 2.85. The van der Waals surface area contributed by atoms with E-state index in [2.05, 4.69) is 0 Å². The van der Waals surface area contributed by atoms with Gasteiger partial charge in [0, 0.05) is 19.6 Å². The van der Waals surface area contributed by atoms with E-state index >= 15 is 0 Å². The molecule has 0 unspecified atom stereocenters. The van der Waals surface area contributed by atoms with Gasteiger partial charge in [0.15, 0.2) is 0 Å². The quantitative estimate of drug-likeness (QED) is 0.394. The van der Waals surface area contributed by atoms with Gasteiger partial charge in [0.25, 0.3) is 0 Å². The maximum atomic E-state index is 11.3. The average molecular weight is 260 g/mol. The van der Waals surface area contributed by atoms with Crippen LogP contribution in [0.3, 0.4) is 0 Å². The fraction of sp³-hybridized carbons (Fsp3) is 0.929. The molecule has 0 aromatic heterocycles. The molecule has 0 atom stereocenters. The number of esters is 1. The van der Waals surface area contributed by atoms with Crippen molar-refractivity contribution < 1.29 is 19.7 Å². The predicted molar refractivity (Wildman–Crippen MR) is 71.3 cm³/mol. The summed E-state index contributed by atoms with van der Waals surface area (Å²) in [6, 6.07) is 0. The highest BCUT2D eigenvalue weighted by atomic mass is 16.5.